The van der Waals surface area contributed by atoms with Crippen LogP contribution < -0.4 is 0 Å². The maximum absolute atomic E-state index is 12.4. The minimum absolute atomic E-state index is 0.295. The fraction of sp³-hybridized carbons (Fsp3) is 0.467. The molecular formula is C15H19NO3. The highest BCUT2D eigenvalue weighted by Crippen LogP contribution is 2.31. The van der Waals surface area contributed by atoms with Crippen LogP contribution in [0.5, 0.6) is 0 Å². The Morgan fingerprint density at radius 2 is 1.63 bits per heavy atom. The number of amides is 1. The summed E-state index contributed by atoms with van der Waals surface area (Å²) in [6.45, 7) is 6.37. The van der Waals surface area contributed by atoms with Crippen LogP contribution in [0.25, 0.3) is 0 Å². The highest BCUT2D eigenvalue weighted by molar-refractivity contribution is 5.98. The van der Waals surface area contributed by atoms with Crippen LogP contribution in [0.2, 0.25) is 0 Å². The van der Waals surface area contributed by atoms with Crippen LogP contribution in [0.4, 0.5) is 0 Å². The van der Waals surface area contributed by atoms with Crippen molar-refractivity contribution in [3.05, 3.63) is 35.4 Å². The maximum Gasteiger partial charge on any atom is 0.316 e. The van der Waals surface area contributed by atoms with Crippen molar-refractivity contribution in [2.75, 3.05) is 0 Å². The number of carbonyl (C=O) groups excluding carboxylic acids is 1. The van der Waals surface area contributed by atoms with Crippen LogP contribution in [-0.2, 0) is 22.7 Å². The molecule has 0 fully saturated rings. The van der Waals surface area contributed by atoms with Gasteiger partial charge in [0.2, 0.25) is 5.91 Å². The SMILES string of the molecule is CC(C)(C)C(C(=O)O)C(=O)N1Cc2ccccc2C1. The van der Waals surface area contributed by atoms with Gasteiger partial charge in [0, 0.05) is 13.1 Å². The predicted octanol–water partition coefficient (Wildman–Crippen LogP) is 2.28. The Hall–Kier alpha value is -1.84. The first-order chi connectivity index (χ1) is 8.80. The van der Waals surface area contributed by atoms with E-state index in [1.807, 2.05) is 24.3 Å². The largest absolute Gasteiger partial charge is 0.481 e. The molecule has 2 rings (SSSR count). The smallest absolute Gasteiger partial charge is 0.316 e. The van der Waals surface area contributed by atoms with Crippen LogP contribution >= 0.6 is 0 Å². The predicted molar refractivity (Wildman–Crippen MR) is 71.3 cm³/mol. The number of rotatable bonds is 2. The van der Waals surface area contributed by atoms with Crippen LogP contribution in [0.1, 0.15) is 31.9 Å². The summed E-state index contributed by atoms with van der Waals surface area (Å²) in [5.41, 5.74) is 1.63. The van der Waals surface area contributed by atoms with Gasteiger partial charge in [0.25, 0.3) is 0 Å². The molecule has 19 heavy (non-hydrogen) atoms. The van der Waals surface area contributed by atoms with Crippen molar-refractivity contribution in [1.29, 1.82) is 0 Å². The number of hydrogen-bond donors (Lipinski definition) is 1. The summed E-state index contributed by atoms with van der Waals surface area (Å²) in [5, 5.41) is 9.31. The Kier molecular flexibility index (Phi) is 3.35. The van der Waals surface area contributed by atoms with Gasteiger partial charge in [0.1, 0.15) is 5.92 Å². The quantitative estimate of drug-likeness (QED) is 0.831. The molecule has 0 spiro atoms. The normalized spacial score (nSPS) is 16.1. The second kappa shape index (κ2) is 4.68. The summed E-state index contributed by atoms with van der Waals surface area (Å²) >= 11 is 0. The molecule has 4 heteroatoms. The highest BCUT2D eigenvalue weighted by Gasteiger charge is 2.41. The number of carbonyl (C=O) groups is 2. The average molecular weight is 261 g/mol. The Morgan fingerprint density at radius 3 is 2.00 bits per heavy atom. The molecule has 1 aromatic rings. The molecule has 0 aliphatic carbocycles. The van der Waals surface area contributed by atoms with Crippen LogP contribution in [0.15, 0.2) is 24.3 Å². The lowest BCUT2D eigenvalue weighted by Crippen LogP contribution is -2.43. The lowest BCUT2D eigenvalue weighted by atomic mass is 9.80. The van der Waals surface area contributed by atoms with E-state index in [1.54, 1.807) is 25.7 Å². The Balaban J connectivity index is 2.20. The molecule has 1 aliphatic rings. The molecule has 4 nitrogen and oxygen atoms in total. The number of carboxylic acid groups (broad SMARTS) is 1. The first-order valence-electron chi connectivity index (χ1n) is 6.39. The van der Waals surface area contributed by atoms with Crippen LogP contribution in [0.3, 0.4) is 0 Å². The van der Waals surface area contributed by atoms with Gasteiger partial charge in [-0.3, -0.25) is 9.59 Å². The molecule has 1 N–H and O–H groups in total. The third-order valence-electron chi connectivity index (χ3n) is 3.51. The van der Waals surface area contributed by atoms with E-state index in [9.17, 15) is 14.7 Å². The molecule has 1 aromatic carbocycles. The van der Waals surface area contributed by atoms with Crippen molar-refractivity contribution in [1.82, 2.24) is 4.90 Å². The Labute approximate surface area is 113 Å². The van der Waals surface area contributed by atoms with E-state index in [2.05, 4.69) is 0 Å². The van der Waals surface area contributed by atoms with Gasteiger partial charge in [-0.1, -0.05) is 45.0 Å². The van der Waals surface area contributed by atoms with E-state index in [4.69, 9.17) is 0 Å². The first kappa shape index (κ1) is 13.6. The lowest BCUT2D eigenvalue weighted by molar-refractivity contribution is -0.156. The van der Waals surface area contributed by atoms with Crippen LogP contribution in [0, 0.1) is 11.3 Å². The van der Waals surface area contributed by atoms with Crippen molar-refractivity contribution in [2.24, 2.45) is 11.3 Å². The summed E-state index contributed by atoms with van der Waals surface area (Å²) in [5.74, 6) is -2.34. The monoisotopic (exact) mass is 261 g/mol. The van der Waals surface area contributed by atoms with Gasteiger partial charge in [-0.05, 0) is 16.5 Å². The second-order valence-corrected chi connectivity index (χ2v) is 6.10. The molecule has 1 amide bonds. The number of benzene rings is 1. The van der Waals surface area contributed by atoms with Gasteiger partial charge in [-0.25, -0.2) is 0 Å². The topological polar surface area (TPSA) is 57.6 Å². The van der Waals surface area contributed by atoms with Gasteiger partial charge < -0.3 is 10.0 Å². The first-order valence-corrected chi connectivity index (χ1v) is 6.39. The minimum atomic E-state index is -1.05. The number of carboxylic acids is 1. The lowest BCUT2D eigenvalue weighted by Gasteiger charge is -2.29. The molecule has 1 heterocycles. The van der Waals surface area contributed by atoms with E-state index in [0.29, 0.717) is 13.1 Å². The fourth-order valence-electron chi connectivity index (χ4n) is 2.52. The zero-order valence-electron chi connectivity index (χ0n) is 11.5. The Bertz CT molecular complexity index is 491. The Morgan fingerprint density at radius 1 is 1.16 bits per heavy atom. The van der Waals surface area contributed by atoms with Crippen molar-refractivity contribution >= 4 is 11.9 Å². The molecule has 0 aromatic heterocycles. The van der Waals surface area contributed by atoms with Crippen molar-refractivity contribution in [3.8, 4) is 0 Å². The van der Waals surface area contributed by atoms with E-state index in [1.165, 1.54) is 0 Å². The maximum atomic E-state index is 12.4. The summed E-state index contributed by atoms with van der Waals surface area (Å²) in [6, 6.07) is 7.83. The van der Waals surface area contributed by atoms with E-state index >= 15 is 0 Å². The second-order valence-electron chi connectivity index (χ2n) is 6.10. The molecule has 102 valence electrons. The summed E-state index contributed by atoms with van der Waals surface area (Å²) in [6.07, 6.45) is 0. The van der Waals surface area contributed by atoms with Crippen molar-refractivity contribution in [2.45, 2.75) is 33.9 Å². The van der Waals surface area contributed by atoms with Crippen molar-refractivity contribution < 1.29 is 14.7 Å². The number of fused-ring (bicyclic) bond motifs is 1. The van der Waals surface area contributed by atoms with Gasteiger partial charge >= 0.3 is 5.97 Å². The van der Waals surface area contributed by atoms with Gasteiger partial charge in [0.15, 0.2) is 0 Å². The van der Waals surface area contributed by atoms with E-state index in [0.717, 1.165) is 11.1 Å². The standard InChI is InChI=1S/C15H19NO3/c1-15(2,3)12(14(18)19)13(17)16-8-10-6-4-5-7-11(10)9-16/h4-7,12H,8-9H2,1-3H3,(H,18,19). The highest BCUT2D eigenvalue weighted by atomic mass is 16.4. The fourth-order valence-corrected chi connectivity index (χ4v) is 2.52. The van der Waals surface area contributed by atoms with Crippen molar-refractivity contribution in [3.63, 3.8) is 0 Å². The number of aliphatic carboxylic acids is 1. The summed E-state index contributed by atoms with van der Waals surface area (Å²) in [4.78, 5) is 25.5. The molecule has 1 aliphatic heterocycles. The molecule has 0 saturated heterocycles. The zero-order chi connectivity index (χ0) is 14.2. The zero-order valence-corrected chi connectivity index (χ0v) is 11.5. The number of hydrogen-bond acceptors (Lipinski definition) is 2. The number of nitrogens with zero attached hydrogens (tertiary/aromatic N) is 1. The molecule has 0 radical (unpaired) electrons. The molecule has 0 bridgehead atoms. The van der Waals surface area contributed by atoms with Crippen LogP contribution in [-0.4, -0.2) is 21.9 Å². The van der Waals surface area contributed by atoms with Gasteiger partial charge in [0.05, 0.1) is 0 Å². The molecule has 1 unspecified atom stereocenters. The van der Waals surface area contributed by atoms with Gasteiger partial charge in [-0.2, -0.15) is 0 Å². The molecule has 1 atom stereocenters. The minimum Gasteiger partial charge on any atom is -0.481 e. The van der Waals surface area contributed by atoms with E-state index in [-0.39, 0.29) is 5.91 Å². The van der Waals surface area contributed by atoms with E-state index < -0.39 is 17.3 Å². The molecular weight excluding hydrogens is 242 g/mol. The van der Waals surface area contributed by atoms with Gasteiger partial charge in [-0.15, -0.1) is 0 Å². The average Bonchev–Trinajstić information content (AvgIpc) is 2.69. The summed E-state index contributed by atoms with van der Waals surface area (Å²) < 4.78 is 0. The third-order valence-corrected chi connectivity index (χ3v) is 3.51. The summed E-state index contributed by atoms with van der Waals surface area (Å²) in [7, 11) is 0. The molecule has 0 saturated carbocycles. The third kappa shape index (κ3) is 2.62.